The van der Waals surface area contributed by atoms with Crippen molar-refractivity contribution in [1.29, 1.82) is 0 Å². The third-order valence-corrected chi connectivity index (χ3v) is 6.94. The highest BCUT2D eigenvalue weighted by molar-refractivity contribution is 5.31. The Balaban J connectivity index is 1.24. The summed E-state index contributed by atoms with van der Waals surface area (Å²) in [5.74, 6) is 6.56. The lowest BCUT2D eigenvalue weighted by Crippen LogP contribution is -2.43. The second-order valence-electron chi connectivity index (χ2n) is 8.57. The average molecular weight is 324 g/mol. The highest BCUT2D eigenvalue weighted by atomic mass is 16.5. The molecule has 1 aliphatic heterocycles. The first-order valence-corrected chi connectivity index (χ1v) is 9.69. The molecule has 3 nitrogen and oxygen atoms in total. The molecule has 3 N–H and O–H groups in total. The van der Waals surface area contributed by atoms with Gasteiger partial charge in [0.25, 0.3) is 0 Å². The molecule has 24 heavy (non-hydrogen) atoms. The van der Waals surface area contributed by atoms with E-state index in [0.717, 1.165) is 47.6 Å². The zero-order valence-corrected chi connectivity index (χ0v) is 14.3. The van der Waals surface area contributed by atoms with Crippen LogP contribution in [0, 0.1) is 23.7 Å². The van der Waals surface area contributed by atoms with E-state index in [4.69, 9.17) is 10.5 Å². The van der Waals surface area contributed by atoms with Crippen LogP contribution in [0.4, 0.5) is 0 Å². The van der Waals surface area contributed by atoms with E-state index < -0.39 is 0 Å². The third kappa shape index (κ3) is 2.58. The molecule has 1 heterocycles. The van der Waals surface area contributed by atoms with E-state index in [1.165, 1.54) is 32.1 Å². The molecule has 4 fully saturated rings. The summed E-state index contributed by atoms with van der Waals surface area (Å²) >= 11 is 0. The zero-order valence-electron chi connectivity index (χ0n) is 14.3. The van der Waals surface area contributed by atoms with Crippen molar-refractivity contribution in [3.8, 4) is 5.75 Å². The van der Waals surface area contributed by atoms with Gasteiger partial charge < -0.3 is 15.8 Å². The maximum atomic E-state index is 5.95. The van der Waals surface area contributed by atoms with Crippen molar-refractivity contribution < 1.29 is 4.74 Å². The van der Waals surface area contributed by atoms with Crippen LogP contribution in [0.1, 0.15) is 50.0 Å². The molecule has 3 heteroatoms. The molecule has 1 unspecified atom stereocenters. The Morgan fingerprint density at radius 3 is 2.21 bits per heavy atom. The lowest BCUT2D eigenvalue weighted by molar-refractivity contribution is -0.00279. The Morgan fingerprint density at radius 1 is 0.958 bits per heavy atom. The predicted molar refractivity (Wildman–Crippen MR) is 95.5 cm³/mol. The van der Waals surface area contributed by atoms with Gasteiger partial charge in [-0.25, -0.2) is 0 Å². The summed E-state index contributed by atoms with van der Waals surface area (Å²) in [6.07, 6.45) is 10.5. The Labute approximate surface area is 144 Å². The Morgan fingerprint density at radius 2 is 1.62 bits per heavy atom. The summed E-state index contributed by atoms with van der Waals surface area (Å²) in [7, 11) is 0. The minimum atomic E-state index is 0.314. The molecule has 0 radical (unpaired) electrons. The third-order valence-electron chi connectivity index (χ3n) is 6.94. The maximum absolute atomic E-state index is 5.95. The first kappa shape index (κ1) is 14.7. The summed E-state index contributed by atoms with van der Waals surface area (Å²) < 4.78 is 5.95. The predicted octanol–water partition coefficient (Wildman–Crippen LogP) is 3.77. The molecule has 1 aromatic rings. The molecule has 0 aromatic heterocycles. The highest BCUT2D eigenvalue weighted by Crippen LogP contribution is 2.59. The monoisotopic (exact) mass is 324 g/mol. The van der Waals surface area contributed by atoms with E-state index in [1.54, 1.807) is 5.56 Å². The number of ether oxygens (including phenoxy) is 1. The summed E-state index contributed by atoms with van der Waals surface area (Å²) in [4.78, 5) is 0. The SMILES string of the molecule is NC1=CCC(COc2ccc(C3C4CC5CC(C4)CC3C5)cc2)N1. The van der Waals surface area contributed by atoms with Gasteiger partial charge in [0.2, 0.25) is 0 Å². The Bertz CT molecular complexity index is 608. The number of rotatable bonds is 4. The smallest absolute Gasteiger partial charge is 0.119 e. The van der Waals surface area contributed by atoms with Crippen LogP contribution in [-0.2, 0) is 0 Å². The fraction of sp³-hybridized carbons (Fsp3) is 0.619. The van der Waals surface area contributed by atoms with Crippen LogP contribution in [0.15, 0.2) is 36.2 Å². The summed E-state index contributed by atoms with van der Waals surface area (Å²) in [5.41, 5.74) is 7.30. The van der Waals surface area contributed by atoms with Gasteiger partial charge in [-0.3, -0.25) is 0 Å². The number of hydrogen-bond acceptors (Lipinski definition) is 3. The van der Waals surface area contributed by atoms with Gasteiger partial charge in [-0.15, -0.1) is 0 Å². The molecule has 4 saturated carbocycles. The van der Waals surface area contributed by atoms with E-state index in [-0.39, 0.29) is 0 Å². The maximum Gasteiger partial charge on any atom is 0.119 e. The highest BCUT2D eigenvalue weighted by Gasteiger charge is 2.48. The molecule has 4 aliphatic carbocycles. The molecular formula is C21H28N2O. The first-order chi connectivity index (χ1) is 11.7. The van der Waals surface area contributed by atoms with Crippen LogP contribution in [-0.4, -0.2) is 12.6 Å². The van der Waals surface area contributed by atoms with Crippen LogP contribution in [0.5, 0.6) is 5.75 Å². The van der Waals surface area contributed by atoms with Crippen LogP contribution in [0.25, 0.3) is 0 Å². The fourth-order valence-corrected chi connectivity index (χ4v) is 6.19. The molecule has 0 spiro atoms. The minimum Gasteiger partial charge on any atom is -0.491 e. The second-order valence-corrected chi connectivity index (χ2v) is 8.57. The number of hydrogen-bond donors (Lipinski definition) is 2. The largest absolute Gasteiger partial charge is 0.491 e. The molecule has 1 atom stereocenters. The fourth-order valence-electron chi connectivity index (χ4n) is 6.19. The number of nitrogens with one attached hydrogen (secondary N) is 1. The molecule has 0 saturated heterocycles. The van der Waals surface area contributed by atoms with E-state index in [1.807, 2.05) is 6.08 Å². The zero-order chi connectivity index (χ0) is 16.1. The Kier molecular flexibility index (Phi) is 3.50. The molecular weight excluding hydrogens is 296 g/mol. The molecule has 0 amide bonds. The van der Waals surface area contributed by atoms with Crippen molar-refractivity contribution in [2.75, 3.05) is 6.61 Å². The van der Waals surface area contributed by atoms with Gasteiger partial charge in [-0.1, -0.05) is 12.1 Å². The van der Waals surface area contributed by atoms with Crippen LogP contribution in [0.2, 0.25) is 0 Å². The van der Waals surface area contributed by atoms with Gasteiger partial charge >= 0.3 is 0 Å². The van der Waals surface area contributed by atoms with Crippen LogP contribution >= 0.6 is 0 Å². The minimum absolute atomic E-state index is 0.314. The first-order valence-electron chi connectivity index (χ1n) is 9.69. The van der Waals surface area contributed by atoms with Gasteiger partial charge in [-0.05, 0) is 91.9 Å². The van der Waals surface area contributed by atoms with Gasteiger partial charge in [0.15, 0.2) is 0 Å². The van der Waals surface area contributed by atoms with Crippen molar-refractivity contribution in [2.45, 2.75) is 50.5 Å². The van der Waals surface area contributed by atoms with E-state index in [0.29, 0.717) is 12.6 Å². The second kappa shape index (κ2) is 5.72. The summed E-state index contributed by atoms with van der Waals surface area (Å²) in [6.45, 7) is 0.675. The lowest BCUT2D eigenvalue weighted by Gasteiger charge is -2.54. The number of nitrogens with two attached hydrogens (primary N) is 1. The average Bonchev–Trinajstić information content (AvgIpc) is 2.98. The Hall–Kier alpha value is -1.64. The molecule has 1 aromatic carbocycles. The standard InChI is InChI=1S/C21H28N2O/c22-20-6-3-18(23-20)12-24-19-4-1-15(2-5-19)21-16-8-13-7-14(10-16)11-17(21)9-13/h1-2,4-6,13-14,16-18,21,23H,3,7-12,22H2. The molecule has 4 bridgehead atoms. The van der Waals surface area contributed by atoms with Gasteiger partial charge in [0, 0.05) is 0 Å². The normalized spacial score (nSPS) is 39.6. The van der Waals surface area contributed by atoms with Crippen molar-refractivity contribution >= 4 is 0 Å². The molecule has 5 aliphatic rings. The van der Waals surface area contributed by atoms with Gasteiger partial charge in [0.05, 0.1) is 11.9 Å². The molecule has 128 valence electrons. The van der Waals surface area contributed by atoms with Crippen molar-refractivity contribution in [3.63, 3.8) is 0 Å². The van der Waals surface area contributed by atoms with Gasteiger partial charge in [-0.2, -0.15) is 0 Å². The molecule has 6 rings (SSSR count). The van der Waals surface area contributed by atoms with Crippen molar-refractivity contribution in [3.05, 3.63) is 41.7 Å². The van der Waals surface area contributed by atoms with E-state index in [9.17, 15) is 0 Å². The van der Waals surface area contributed by atoms with Crippen molar-refractivity contribution in [1.82, 2.24) is 5.32 Å². The lowest BCUT2D eigenvalue weighted by atomic mass is 9.51. The van der Waals surface area contributed by atoms with Crippen molar-refractivity contribution in [2.24, 2.45) is 29.4 Å². The van der Waals surface area contributed by atoms with Crippen LogP contribution < -0.4 is 15.8 Å². The summed E-state index contributed by atoms with van der Waals surface area (Å²) in [6, 6.07) is 9.32. The van der Waals surface area contributed by atoms with E-state index >= 15 is 0 Å². The topological polar surface area (TPSA) is 47.3 Å². The van der Waals surface area contributed by atoms with Gasteiger partial charge in [0.1, 0.15) is 12.4 Å². The number of benzene rings is 1. The van der Waals surface area contributed by atoms with E-state index in [2.05, 4.69) is 29.6 Å². The van der Waals surface area contributed by atoms with Crippen LogP contribution in [0.3, 0.4) is 0 Å². The quantitative estimate of drug-likeness (QED) is 0.886. The summed E-state index contributed by atoms with van der Waals surface area (Å²) in [5, 5.41) is 3.24.